The minimum Gasteiger partial charge on any atom is -0.379 e. The van der Waals surface area contributed by atoms with Crippen LogP contribution in [-0.2, 0) is 6.54 Å². The molecule has 0 radical (unpaired) electrons. The molecule has 0 amide bonds. The van der Waals surface area contributed by atoms with Gasteiger partial charge < -0.3 is 5.32 Å². The van der Waals surface area contributed by atoms with E-state index in [2.05, 4.69) is 10.3 Å². The molecule has 1 aromatic heterocycles. The van der Waals surface area contributed by atoms with Crippen molar-refractivity contribution in [2.45, 2.75) is 27.3 Å². The Balaban J connectivity index is 2.08. The molecule has 0 unspecified atom stereocenters. The van der Waals surface area contributed by atoms with Gasteiger partial charge in [0.05, 0.1) is 17.2 Å². The first kappa shape index (κ1) is 13.5. The number of rotatable bonds is 4. The van der Waals surface area contributed by atoms with Crippen LogP contribution in [0.5, 0.6) is 0 Å². The van der Waals surface area contributed by atoms with Crippen LogP contribution in [0.15, 0.2) is 18.2 Å². The SMILES string of the molecule is Cc1cc(NCc2nc(C)c(C)s2)ccc1[N+](=O)[O-]. The Kier molecular flexibility index (Phi) is 3.80. The lowest BCUT2D eigenvalue weighted by molar-refractivity contribution is -0.385. The number of aromatic nitrogens is 1. The van der Waals surface area contributed by atoms with Crippen molar-refractivity contribution in [3.8, 4) is 0 Å². The van der Waals surface area contributed by atoms with E-state index in [0.717, 1.165) is 16.4 Å². The molecule has 1 heterocycles. The van der Waals surface area contributed by atoms with Crippen molar-refractivity contribution in [3.05, 3.63) is 49.5 Å². The van der Waals surface area contributed by atoms with E-state index < -0.39 is 0 Å². The number of hydrogen-bond donors (Lipinski definition) is 1. The van der Waals surface area contributed by atoms with Gasteiger partial charge in [-0.1, -0.05) is 0 Å². The lowest BCUT2D eigenvalue weighted by Crippen LogP contribution is -2.00. The highest BCUT2D eigenvalue weighted by Crippen LogP contribution is 2.23. The van der Waals surface area contributed by atoms with Crippen molar-refractivity contribution < 1.29 is 4.92 Å². The third-order valence-corrected chi connectivity index (χ3v) is 3.98. The molecule has 0 bridgehead atoms. The van der Waals surface area contributed by atoms with Crippen LogP contribution in [0.3, 0.4) is 0 Å². The molecule has 2 aromatic rings. The average Bonchev–Trinajstić information content (AvgIpc) is 2.66. The molecule has 19 heavy (non-hydrogen) atoms. The first-order valence-electron chi connectivity index (χ1n) is 5.89. The van der Waals surface area contributed by atoms with E-state index in [9.17, 15) is 10.1 Å². The van der Waals surface area contributed by atoms with Gasteiger partial charge >= 0.3 is 0 Å². The normalized spacial score (nSPS) is 10.5. The number of nitrogens with zero attached hydrogens (tertiary/aromatic N) is 2. The van der Waals surface area contributed by atoms with Crippen molar-refractivity contribution >= 4 is 22.7 Å². The Bertz CT molecular complexity index is 603. The van der Waals surface area contributed by atoms with Crippen LogP contribution < -0.4 is 5.32 Å². The molecule has 2 rings (SSSR count). The largest absolute Gasteiger partial charge is 0.379 e. The van der Waals surface area contributed by atoms with Crippen molar-refractivity contribution in [2.75, 3.05) is 5.32 Å². The van der Waals surface area contributed by atoms with E-state index in [1.54, 1.807) is 30.4 Å². The summed E-state index contributed by atoms with van der Waals surface area (Å²) in [6, 6.07) is 5.03. The van der Waals surface area contributed by atoms with Gasteiger partial charge in [0.25, 0.3) is 5.69 Å². The number of anilines is 1. The number of nitrogens with one attached hydrogen (secondary N) is 1. The van der Waals surface area contributed by atoms with Crippen LogP contribution in [0.2, 0.25) is 0 Å². The highest BCUT2D eigenvalue weighted by molar-refractivity contribution is 7.11. The minimum atomic E-state index is -0.368. The molecule has 100 valence electrons. The first-order valence-corrected chi connectivity index (χ1v) is 6.71. The fourth-order valence-electron chi connectivity index (χ4n) is 1.76. The van der Waals surface area contributed by atoms with E-state index in [1.807, 2.05) is 13.8 Å². The smallest absolute Gasteiger partial charge is 0.272 e. The number of thiazole rings is 1. The molecule has 6 heteroatoms. The second-order valence-corrected chi connectivity index (χ2v) is 5.65. The van der Waals surface area contributed by atoms with Crippen LogP contribution in [0.25, 0.3) is 0 Å². The fraction of sp³-hybridized carbons (Fsp3) is 0.308. The Morgan fingerprint density at radius 2 is 2.11 bits per heavy atom. The maximum atomic E-state index is 10.7. The van der Waals surface area contributed by atoms with Crippen LogP contribution >= 0.6 is 11.3 Å². The van der Waals surface area contributed by atoms with Gasteiger partial charge in [0.1, 0.15) is 5.01 Å². The molecule has 0 aliphatic rings. The molecular weight excluding hydrogens is 262 g/mol. The summed E-state index contributed by atoms with van der Waals surface area (Å²) in [5, 5.41) is 15.0. The van der Waals surface area contributed by atoms with Gasteiger partial charge in [-0.15, -0.1) is 11.3 Å². The Hall–Kier alpha value is -1.95. The lowest BCUT2D eigenvalue weighted by atomic mass is 10.2. The standard InChI is InChI=1S/C13H15N3O2S/c1-8-6-11(4-5-12(8)16(17)18)14-7-13-15-9(2)10(3)19-13/h4-6,14H,7H2,1-3H3. The van der Waals surface area contributed by atoms with Gasteiger partial charge in [0.2, 0.25) is 0 Å². The Labute approximate surface area is 115 Å². The van der Waals surface area contributed by atoms with Crippen LogP contribution in [0.4, 0.5) is 11.4 Å². The molecule has 1 aromatic carbocycles. The monoisotopic (exact) mass is 277 g/mol. The number of nitro benzene ring substituents is 1. The van der Waals surface area contributed by atoms with Crippen molar-refractivity contribution in [1.82, 2.24) is 4.98 Å². The molecule has 0 saturated heterocycles. The van der Waals surface area contributed by atoms with E-state index in [4.69, 9.17) is 0 Å². The van der Waals surface area contributed by atoms with E-state index in [1.165, 1.54) is 10.9 Å². The lowest BCUT2D eigenvalue weighted by Gasteiger charge is -2.05. The summed E-state index contributed by atoms with van der Waals surface area (Å²) in [6.07, 6.45) is 0. The van der Waals surface area contributed by atoms with Crippen LogP contribution in [0.1, 0.15) is 21.1 Å². The summed E-state index contributed by atoms with van der Waals surface area (Å²) in [6.45, 7) is 6.41. The zero-order chi connectivity index (χ0) is 14.0. The number of hydrogen-bond acceptors (Lipinski definition) is 5. The van der Waals surface area contributed by atoms with Crippen molar-refractivity contribution in [3.63, 3.8) is 0 Å². The number of aryl methyl sites for hydroxylation is 3. The quantitative estimate of drug-likeness (QED) is 0.685. The second kappa shape index (κ2) is 5.36. The molecule has 0 fully saturated rings. The minimum absolute atomic E-state index is 0.145. The maximum Gasteiger partial charge on any atom is 0.272 e. The summed E-state index contributed by atoms with van der Waals surface area (Å²) in [5.41, 5.74) is 2.73. The summed E-state index contributed by atoms with van der Waals surface area (Å²) in [4.78, 5) is 16.0. The molecule has 1 N–H and O–H groups in total. The average molecular weight is 277 g/mol. The topological polar surface area (TPSA) is 68.1 Å². The van der Waals surface area contributed by atoms with Gasteiger partial charge in [-0.3, -0.25) is 10.1 Å². The molecular formula is C13H15N3O2S. The highest BCUT2D eigenvalue weighted by Gasteiger charge is 2.10. The van der Waals surface area contributed by atoms with Crippen LogP contribution in [0, 0.1) is 30.9 Å². The summed E-state index contributed by atoms with van der Waals surface area (Å²) < 4.78 is 0. The molecule has 5 nitrogen and oxygen atoms in total. The molecule has 0 aliphatic heterocycles. The second-order valence-electron chi connectivity index (χ2n) is 4.36. The van der Waals surface area contributed by atoms with Gasteiger partial charge in [-0.2, -0.15) is 0 Å². The molecule has 0 saturated carbocycles. The molecule has 0 aliphatic carbocycles. The maximum absolute atomic E-state index is 10.7. The van der Waals surface area contributed by atoms with Gasteiger partial charge in [-0.25, -0.2) is 4.98 Å². The van der Waals surface area contributed by atoms with Gasteiger partial charge in [0.15, 0.2) is 0 Å². The van der Waals surface area contributed by atoms with E-state index in [-0.39, 0.29) is 10.6 Å². The summed E-state index contributed by atoms with van der Waals surface area (Å²) in [7, 11) is 0. The predicted molar refractivity (Wildman–Crippen MR) is 76.7 cm³/mol. The van der Waals surface area contributed by atoms with Gasteiger partial charge in [-0.05, 0) is 32.9 Å². The molecule has 0 spiro atoms. The van der Waals surface area contributed by atoms with Crippen molar-refractivity contribution in [2.24, 2.45) is 0 Å². The Morgan fingerprint density at radius 1 is 1.37 bits per heavy atom. The third kappa shape index (κ3) is 3.08. The van der Waals surface area contributed by atoms with E-state index >= 15 is 0 Å². The summed E-state index contributed by atoms with van der Waals surface area (Å²) in [5.74, 6) is 0. The van der Waals surface area contributed by atoms with E-state index in [0.29, 0.717) is 12.1 Å². The highest BCUT2D eigenvalue weighted by atomic mass is 32.1. The predicted octanol–water partition coefficient (Wildman–Crippen LogP) is 3.59. The zero-order valence-corrected chi connectivity index (χ0v) is 11.9. The summed E-state index contributed by atoms with van der Waals surface area (Å²) >= 11 is 1.66. The first-order chi connectivity index (χ1) is 8.97. The zero-order valence-electron chi connectivity index (χ0n) is 11.1. The fourth-order valence-corrected chi connectivity index (χ4v) is 2.64. The molecule has 0 atom stereocenters. The number of nitro groups is 1. The van der Waals surface area contributed by atoms with Gasteiger partial charge in [0, 0.05) is 22.2 Å². The Morgan fingerprint density at radius 3 is 2.63 bits per heavy atom. The third-order valence-electron chi connectivity index (χ3n) is 2.91. The number of benzene rings is 1. The van der Waals surface area contributed by atoms with Crippen LogP contribution in [-0.4, -0.2) is 9.91 Å². The van der Waals surface area contributed by atoms with Crippen molar-refractivity contribution in [1.29, 1.82) is 0 Å².